The first-order chi connectivity index (χ1) is 16.8. The highest BCUT2D eigenvalue weighted by atomic mass is 16.5. The van der Waals surface area contributed by atoms with Crippen molar-refractivity contribution < 1.29 is 14.3 Å². The third-order valence-corrected chi connectivity index (χ3v) is 6.45. The van der Waals surface area contributed by atoms with E-state index < -0.39 is 0 Å². The molecule has 8 nitrogen and oxygen atoms in total. The number of nitrogens with two attached hydrogens (primary N) is 1. The molecule has 2 amide bonds. The van der Waals surface area contributed by atoms with Gasteiger partial charge in [0, 0.05) is 44.1 Å². The summed E-state index contributed by atoms with van der Waals surface area (Å²) in [6, 6.07) is 17.3. The van der Waals surface area contributed by atoms with Crippen LogP contribution >= 0.6 is 0 Å². The topological polar surface area (TPSA) is 82.4 Å². The van der Waals surface area contributed by atoms with E-state index in [4.69, 9.17) is 10.6 Å². The van der Waals surface area contributed by atoms with Crippen LogP contribution in [0.2, 0.25) is 0 Å². The molecular weight excluding hydrogens is 442 g/mol. The number of hydrazine groups is 1. The molecule has 0 bridgehead atoms. The number of hydrogen-bond donors (Lipinski definition) is 1. The first kappa shape index (κ1) is 26.2. The number of benzene rings is 2. The van der Waals surface area contributed by atoms with Crippen LogP contribution < -0.4 is 15.6 Å². The van der Waals surface area contributed by atoms with E-state index in [1.54, 1.807) is 0 Å². The number of methoxy groups -OCH3 is 1. The number of urea groups is 1. The fourth-order valence-corrected chi connectivity index (χ4v) is 4.25. The Kier molecular flexibility index (Phi) is 9.28. The van der Waals surface area contributed by atoms with Crippen molar-refractivity contribution in [1.82, 2.24) is 9.91 Å². The van der Waals surface area contributed by atoms with Crippen LogP contribution in [-0.2, 0) is 9.53 Å². The van der Waals surface area contributed by atoms with Gasteiger partial charge in [-0.3, -0.25) is 19.6 Å². The number of amides is 2. The number of esters is 1. The van der Waals surface area contributed by atoms with Crippen LogP contribution in [-0.4, -0.2) is 67.8 Å². The second-order valence-electron chi connectivity index (χ2n) is 8.96. The van der Waals surface area contributed by atoms with E-state index in [1.165, 1.54) is 23.2 Å². The second-order valence-corrected chi connectivity index (χ2v) is 8.96. The molecule has 1 fully saturated rings. The van der Waals surface area contributed by atoms with Crippen LogP contribution in [0.1, 0.15) is 31.7 Å². The molecule has 2 N–H and O–H groups in total. The van der Waals surface area contributed by atoms with E-state index >= 15 is 0 Å². The van der Waals surface area contributed by atoms with Crippen molar-refractivity contribution in [2.45, 2.75) is 32.2 Å². The summed E-state index contributed by atoms with van der Waals surface area (Å²) in [6.45, 7) is 11.9. The summed E-state index contributed by atoms with van der Waals surface area (Å²) in [4.78, 5) is 31.1. The number of hydrogen-bond acceptors (Lipinski definition) is 6. The molecule has 1 saturated heterocycles. The van der Waals surface area contributed by atoms with Crippen LogP contribution in [0.4, 0.5) is 16.2 Å². The van der Waals surface area contributed by atoms with Gasteiger partial charge in [0.2, 0.25) is 0 Å². The summed E-state index contributed by atoms with van der Waals surface area (Å²) in [5, 5.41) is 1.19. The van der Waals surface area contributed by atoms with E-state index in [0.29, 0.717) is 0 Å². The van der Waals surface area contributed by atoms with Gasteiger partial charge in [0.1, 0.15) is 0 Å². The molecule has 1 aliphatic rings. The van der Waals surface area contributed by atoms with E-state index in [-0.39, 0.29) is 24.0 Å². The molecule has 1 aliphatic heterocycles. The Balaban J connectivity index is 1.55. The van der Waals surface area contributed by atoms with Crippen molar-refractivity contribution in [2.24, 2.45) is 5.84 Å². The summed E-state index contributed by atoms with van der Waals surface area (Å²) < 4.78 is 5.05. The zero-order valence-electron chi connectivity index (χ0n) is 21.0. The van der Waals surface area contributed by atoms with Gasteiger partial charge < -0.3 is 9.64 Å². The maximum atomic E-state index is 12.6. The molecule has 2 aromatic rings. The normalized spacial score (nSPS) is 14.9. The van der Waals surface area contributed by atoms with Crippen LogP contribution in [0.15, 0.2) is 67.4 Å². The van der Waals surface area contributed by atoms with Crippen LogP contribution in [0.5, 0.6) is 0 Å². The first-order valence-corrected chi connectivity index (χ1v) is 12.1. The molecule has 3 rings (SSSR count). The van der Waals surface area contributed by atoms with E-state index in [0.717, 1.165) is 56.1 Å². The van der Waals surface area contributed by atoms with Gasteiger partial charge in [-0.05, 0) is 56.6 Å². The number of carbonyl (C=O) groups is 2. The summed E-state index contributed by atoms with van der Waals surface area (Å²) in [7, 11) is 1.45. The van der Waals surface area contributed by atoms with Crippen molar-refractivity contribution in [3.05, 3.63) is 72.9 Å². The lowest BCUT2D eigenvalue weighted by Crippen LogP contribution is -2.48. The molecule has 8 heteroatoms. The average molecular weight is 480 g/mol. The summed E-state index contributed by atoms with van der Waals surface area (Å²) in [6.07, 6.45) is 2.21. The molecule has 0 saturated carbocycles. The molecule has 0 radical (unpaired) electrons. The molecule has 2 aromatic carbocycles. The smallest absolute Gasteiger partial charge is 0.342 e. The number of carbonyl (C=O) groups excluding carboxylic acids is 2. The fraction of sp³-hybridized carbons (Fsp3) is 0.407. The van der Waals surface area contributed by atoms with Gasteiger partial charge in [-0.25, -0.2) is 10.6 Å². The standard InChI is InChI=1S/C27H37N5O3/c1-5-31(27(34)32(28)21(2)3)24-13-11-23(12-14-24)30-19-17-29(18-20-30)16-15-25(26(33)35-4)22-9-7-6-8-10-22/h5-14,21,25H,1,15-20,28H2,2-4H3. The largest absolute Gasteiger partial charge is 0.469 e. The minimum atomic E-state index is -0.322. The third kappa shape index (κ3) is 6.61. The predicted octanol–water partition coefficient (Wildman–Crippen LogP) is 3.81. The lowest BCUT2D eigenvalue weighted by atomic mass is 9.95. The van der Waals surface area contributed by atoms with Crippen LogP contribution in [0.3, 0.4) is 0 Å². The maximum Gasteiger partial charge on any atom is 0.342 e. The van der Waals surface area contributed by atoms with Crippen molar-refractivity contribution >= 4 is 23.4 Å². The van der Waals surface area contributed by atoms with Gasteiger partial charge in [0.25, 0.3) is 0 Å². The van der Waals surface area contributed by atoms with Crippen molar-refractivity contribution in [3.8, 4) is 0 Å². The monoisotopic (exact) mass is 479 g/mol. The van der Waals surface area contributed by atoms with Crippen LogP contribution in [0.25, 0.3) is 0 Å². The van der Waals surface area contributed by atoms with Gasteiger partial charge in [-0.2, -0.15) is 0 Å². The van der Waals surface area contributed by atoms with Gasteiger partial charge in [0.15, 0.2) is 0 Å². The minimum absolute atomic E-state index is 0.115. The zero-order valence-corrected chi connectivity index (χ0v) is 21.0. The predicted molar refractivity (Wildman–Crippen MR) is 140 cm³/mol. The number of nitrogens with zero attached hydrogens (tertiary/aromatic N) is 4. The molecule has 1 atom stereocenters. The molecule has 1 unspecified atom stereocenters. The third-order valence-electron chi connectivity index (χ3n) is 6.45. The van der Waals surface area contributed by atoms with Gasteiger partial charge in [-0.15, -0.1) is 0 Å². The summed E-state index contributed by atoms with van der Waals surface area (Å²) in [5.74, 6) is 5.46. The zero-order chi connectivity index (χ0) is 25.4. The Morgan fingerprint density at radius 3 is 2.23 bits per heavy atom. The lowest BCUT2D eigenvalue weighted by Gasteiger charge is -2.36. The van der Waals surface area contributed by atoms with Crippen LogP contribution in [0, 0.1) is 0 Å². The first-order valence-electron chi connectivity index (χ1n) is 12.1. The molecular formula is C27H37N5O3. The Labute approximate surface area is 208 Å². The van der Waals surface area contributed by atoms with Gasteiger partial charge in [-0.1, -0.05) is 36.9 Å². The average Bonchev–Trinajstić information content (AvgIpc) is 2.89. The number of ether oxygens (including phenoxy) is 1. The van der Waals surface area contributed by atoms with Crippen molar-refractivity contribution in [3.63, 3.8) is 0 Å². The Morgan fingerprint density at radius 1 is 1.06 bits per heavy atom. The highest BCUT2D eigenvalue weighted by Crippen LogP contribution is 2.25. The van der Waals surface area contributed by atoms with Crippen molar-refractivity contribution in [1.29, 1.82) is 0 Å². The van der Waals surface area contributed by atoms with Crippen molar-refractivity contribution in [2.75, 3.05) is 49.6 Å². The molecule has 188 valence electrons. The van der Waals surface area contributed by atoms with E-state index in [1.807, 2.05) is 68.4 Å². The number of anilines is 2. The SMILES string of the molecule is C=CN(C(=O)N(N)C(C)C)c1ccc(N2CCN(CCC(C(=O)OC)c3ccccc3)CC2)cc1. The molecule has 0 aromatic heterocycles. The number of piperazine rings is 1. The summed E-state index contributed by atoms with van der Waals surface area (Å²) in [5.41, 5.74) is 2.82. The summed E-state index contributed by atoms with van der Waals surface area (Å²) >= 11 is 0. The molecule has 35 heavy (non-hydrogen) atoms. The number of rotatable bonds is 9. The van der Waals surface area contributed by atoms with Gasteiger partial charge in [0.05, 0.1) is 18.7 Å². The second kappa shape index (κ2) is 12.4. The Bertz CT molecular complexity index is 972. The highest BCUT2D eigenvalue weighted by molar-refractivity contribution is 5.93. The molecule has 0 aliphatic carbocycles. The molecule has 0 spiro atoms. The van der Waals surface area contributed by atoms with Gasteiger partial charge >= 0.3 is 12.0 Å². The highest BCUT2D eigenvalue weighted by Gasteiger charge is 2.24. The fourth-order valence-electron chi connectivity index (χ4n) is 4.25. The quantitative estimate of drug-likeness (QED) is 0.255. The minimum Gasteiger partial charge on any atom is -0.469 e. The Morgan fingerprint density at radius 2 is 1.69 bits per heavy atom. The van der Waals surface area contributed by atoms with E-state index in [9.17, 15) is 9.59 Å². The molecule has 1 heterocycles. The Hall–Kier alpha value is -3.36. The maximum absolute atomic E-state index is 12.6. The van der Waals surface area contributed by atoms with E-state index in [2.05, 4.69) is 16.4 Å². The lowest BCUT2D eigenvalue weighted by molar-refractivity contribution is -0.142.